The minimum absolute atomic E-state index is 0.120. The number of carbonyl (C=O) groups is 1. The second-order valence-corrected chi connectivity index (χ2v) is 5.62. The van der Waals surface area contributed by atoms with Gasteiger partial charge in [0.05, 0.1) is 12.7 Å². The summed E-state index contributed by atoms with van der Waals surface area (Å²) < 4.78 is 2.03. The Hall–Kier alpha value is -2.50. The van der Waals surface area contributed by atoms with Crippen LogP contribution in [0.4, 0.5) is 5.69 Å². The van der Waals surface area contributed by atoms with Gasteiger partial charge in [0.1, 0.15) is 5.75 Å². The highest BCUT2D eigenvalue weighted by molar-refractivity contribution is 5.69. The van der Waals surface area contributed by atoms with Gasteiger partial charge in [-0.15, -0.1) is 0 Å². The van der Waals surface area contributed by atoms with Gasteiger partial charge in [0.2, 0.25) is 0 Å². The van der Waals surface area contributed by atoms with E-state index in [1.54, 1.807) is 24.7 Å². The number of aryl methyl sites for hydroxylation is 1. The molecule has 0 aliphatic carbocycles. The van der Waals surface area contributed by atoms with Crippen LogP contribution in [0, 0.1) is 0 Å². The molecule has 1 aliphatic heterocycles. The average molecular weight is 301 g/mol. The first-order valence-electron chi connectivity index (χ1n) is 7.39. The van der Waals surface area contributed by atoms with Crippen LogP contribution in [0.15, 0.2) is 36.9 Å². The predicted molar refractivity (Wildman–Crippen MR) is 82.2 cm³/mol. The van der Waals surface area contributed by atoms with Crippen molar-refractivity contribution in [2.45, 2.75) is 25.3 Å². The van der Waals surface area contributed by atoms with Crippen molar-refractivity contribution in [1.29, 1.82) is 0 Å². The predicted octanol–water partition coefficient (Wildman–Crippen LogP) is 2.06. The summed E-state index contributed by atoms with van der Waals surface area (Å²) in [4.78, 5) is 16.9. The Morgan fingerprint density at radius 1 is 1.36 bits per heavy atom. The van der Waals surface area contributed by atoms with Crippen LogP contribution in [0.3, 0.4) is 0 Å². The van der Waals surface area contributed by atoms with Crippen LogP contribution >= 0.6 is 0 Å². The standard InChI is InChI=1S/C16H19N3O3/c20-13-1-2-15-14(9-13)12(3-6-18-8-5-17-11-18)10-19(15)7-4-16(21)22/h1-2,5,8-9,11-12,20H,3-4,6-7,10H2,(H,21,22). The molecule has 116 valence electrons. The molecule has 1 aromatic carbocycles. The zero-order valence-electron chi connectivity index (χ0n) is 12.2. The molecule has 2 N–H and O–H groups in total. The number of hydrogen-bond donors (Lipinski definition) is 2. The quantitative estimate of drug-likeness (QED) is 0.854. The van der Waals surface area contributed by atoms with E-state index in [-0.39, 0.29) is 12.2 Å². The minimum atomic E-state index is -0.790. The Bertz CT molecular complexity index is 655. The van der Waals surface area contributed by atoms with Crippen LogP contribution in [0.1, 0.15) is 24.3 Å². The normalized spacial score (nSPS) is 16.7. The number of carboxylic acid groups (broad SMARTS) is 1. The number of aromatic nitrogens is 2. The summed E-state index contributed by atoms with van der Waals surface area (Å²) in [7, 11) is 0. The molecule has 1 unspecified atom stereocenters. The number of rotatable bonds is 6. The number of imidazole rings is 1. The van der Waals surface area contributed by atoms with Crippen molar-refractivity contribution in [3.05, 3.63) is 42.5 Å². The minimum Gasteiger partial charge on any atom is -0.508 e. The second kappa shape index (κ2) is 6.09. The molecule has 0 amide bonds. The number of hydrogen-bond acceptors (Lipinski definition) is 4. The fourth-order valence-electron chi connectivity index (χ4n) is 3.03. The van der Waals surface area contributed by atoms with Crippen molar-refractivity contribution in [3.8, 4) is 5.75 Å². The van der Waals surface area contributed by atoms with Crippen molar-refractivity contribution in [2.24, 2.45) is 0 Å². The molecule has 0 bridgehead atoms. The lowest BCUT2D eigenvalue weighted by molar-refractivity contribution is -0.136. The zero-order chi connectivity index (χ0) is 15.5. The average Bonchev–Trinajstić information content (AvgIpc) is 3.10. The van der Waals surface area contributed by atoms with Gasteiger partial charge in [-0.2, -0.15) is 0 Å². The Kier molecular flexibility index (Phi) is 4.00. The maximum atomic E-state index is 10.8. The fourth-order valence-corrected chi connectivity index (χ4v) is 3.03. The Labute approximate surface area is 128 Å². The van der Waals surface area contributed by atoms with E-state index in [0.717, 1.165) is 30.8 Å². The van der Waals surface area contributed by atoms with Gasteiger partial charge in [0.25, 0.3) is 0 Å². The molecule has 2 aromatic rings. The molecule has 2 heterocycles. The smallest absolute Gasteiger partial charge is 0.305 e. The highest BCUT2D eigenvalue weighted by atomic mass is 16.4. The first-order chi connectivity index (χ1) is 10.6. The molecule has 0 spiro atoms. The van der Waals surface area contributed by atoms with Crippen LogP contribution < -0.4 is 4.90 Å². The lowest BCUT2D eigenvalue weighted by Gasteiger charge is -2.18. The number of aromatic hydroxyl groups is 1. The second-order valence-electron chi connectivity index (χ2n) is 5.62. The molecule has 0 radical (unpaired) electrons. The number of anilines is 1. The number of phenols is 1. The number of phenolic OH excluding ortho intramolecular Hbond substituents is 1. The number of carboxylic acids is 1. The molecule has 1 aromatic heterocycles. The van der Waals surface area contributed by atoms with E-state index in [2.05, 4.69) is 9.88 Å². The molecule has 0 fully saturated rings. The van der Waals surface area contributed by atoms with Crippen LogP contribution in [0.2, 0.25) is 0 Å². The van der Waals surface area contributed by atoms with Gasteiger partial charge in [0, 0.05) is 43.6 Å². The van der Waals surface area contributed by atoms with E-state index in [4.69, 9.17) is 5.11 Å². The highest BCUT2D eigenvalue weighted by Crippen LogP contribution is 2.40. The third kappa shape index (κ3) is 3.05. The van der Waals surface area contributed by atoms with Crippen molar-refractivity contribution in [2.75, 3.05) is 18.0 Å². The lowest BCUT2D eigenvalue weighted by Crippen LogP contribution is -2.25. The van der Waals surface area contributed by atoms with E-state index in [0.29, 0.717) is 12.5 Å². The highest BCUT2D eigenvalue weighted by Gasteiger charge is 2.28. The first-order valence-corrected chi connectivity index (χ1v) is 7.39. The van der Waals surface area contributed by atoms with Gasteiger partial charge in [-0.25, -0.2) is 4.98 Å². The van der Waals surface area contributed by atoms with E-state index >= 15 is 0 Å². The first kappa shape index (κ1) is 14.4. The van der Waals surface area contributed by atoms with Gasteiger partial charge in [-0.05, 0) is 30.2 Å². The molecule has 6 heteroatoms. The summed E-state index contributed by atoms with van der Waals surface area (Å²) >= 11 is 0. The lowest BCUT2D eigenvalue weighted by atomic mass is 9.98. The largest absolute Gasteiger partial charge is 0.508 e. The summed E-state index contributed by atoms with van der Waals surface area (Å²) in [5, 5.41) is 18.6. The zero-order valence-corrected chi connectivity index (χ0v) is 12.2. The van der Waals surface area contributed by atoms with E-state index in [1.807, 2.05) is 16.8 Å². The number of nitrogens with zero attached hydrogens (tertiary/aromatic N) is 3. The van der Waals surface area contributed by atoms with Crippen molar-refractivity contribution < 1.29 is 15.0 Å². The van der Waals surface area contributed by atoms with Crippen LogP contribution in [-0.4, -0.2) is 38.8 Å². The number of fused-ring (bicyclic) bond motifs is 1. The van der Waals surface area contributed by atoms with Gasteiger partial charge < -0.3 is 19.7 Å². The van der Waals surface area contributed by atoms with Crippen molar-refractivity contribution >= 4 is 11.7 Å². The third-order valence-corrected chi connectivity index (χ3v) is 4.12. The topological polar surface area (TPSA) is 78.6 Å². The monoisotopic (exact) mass is 301 g/mol. The van der Waals surface area contributed by atoms with Gasteiger partial charge >= 0.3 is 5.97 Å². The maximum Gasteiger partial charge on any atom is 0.305 e. The van der Waals surface area contributed by atoms with E-state index < -0.39 is 5.97 Å². The SMILES string of the molecule is O=C(O)CCN1CC(CCn2ccnc2)c2cc(O)ccc21. The van der Waals surface area contributed by atoms with Gasteiger partial charge in [-0.3, -0.25) is 4.79 Å². The summed E-state index contributed by atoms with van der Waals surface area (Å²) in [5.41, 5.74) is 2.14. The summed E-state index contributed by atoms with van der Waals surface area (Å²) in [6.07, 6.45) is 6.53. The van der Waals surface area contributed by atoms with Gasteiger partial charge in [-0.1, -0.05) is 0 Å². The Balaban J connectivity index is 1.74. The van der Waals surface area contributed by atoms with E-state index in [1.165, 1.54) is 0 Å². The number of benzene rings is 1. The molecule has 3 rings (SSSR count). The van der Waals surface area contributed by atoms with Crippen molar-refractivity contribution in [1.82, 2.24) is 9.55 Å². The fraction of sp³-hybridized carbons (Fsp3) is 0.375. The molecule has 22 heavy (non-hydrogen) atoms. The molecular formula is C16H19N3O3. The summed E-state index contributed by atoms with van der Waals surface area (Å²) in [5.74, 6) is -0.244. The molecule has 6 nitrogen and oxygen atoms in total. The summed E-state index contributed by atoms with van der Waals surface area (Å²) in [6, 6.07) is 5.34. The van der Waals surface area contributed by atoms with Crippen LogP contribution in [0.5, 0.6) is 5.75 Å². The molecule has 0 saturated heterocycles. The van der Waals surface area contributed by atoms with E-state index in [9.17, 15) is 9.90 Å². The molecular weight excluding hydrogens is 282 g/mol. The summed E-state index contributed by atoms with van der Waals surface area (Å²) in [6.45, 7) is 2.14. The van der Waals surface area contributed by atoms with Gasteiger partial charge in [0.15, 0.2) is 0 Å². The van der Waals surface area contributed by atoms with Crippen LogP contribution in [-0.2, 0) is 11.3 Å². The number of aliphatic carboxylic acids is 1. The Morgan fingerprint density at radius 2 is 2.23 bits per heavy atom. The Morgan fingerprint density at radius 3 is 2.95 bits per heavy atom. The molecule has 0 saturated carbocycles. The maximum absolute atomic E-state index is 10.8. The molecule has 1 aliphatic rings. The van der Waals surface area contributed by atoms with Crippen LogP contribution in [0.25, 0.3) is 0 Å². The third-order valence-electron chi connectivity index (χ3n) is 4.12. The molecule has 1 atom stereocenters. The van der Waals surface area contributed by atoms with Crippen molar-refractivity contribution in [3.63, 3.8) is 0 Å².